The minimum Gasteiger partial charge on any atom is -0.381 e. The normalized spacial score (nSPS) is 16.6. The van der Waals surface area contributed by atoms with Crippen molar-refractivity contribution in [1.29, 1.82) is 0 Å². The second-order valence-corrected chi connectivity index (χ2v) is 4.70. The van der Waals surface area contributed by atoms with Crippen LogP contribution in [0.25, 0.3) is 11.3 Å². The maximum atomic E-state index is 5.58. The highest BCUT2D eigenvalue weighted by molar-refractivity contribution is 5.60. The first kappa shape index (κ1) is 12.2. The molecule has 0 spiro atoms. The first-order valence-electron chi connectivity index (χ1n) is 6.43. The lowest BCUT2D eigenvalue weighted by atomic mass is 10.1. The van der Waals surface area contributed by atoms with E-state index in [0.29, 0.717) is 11.6 Å². The Labute approximate surface area is 111 Å². The zero-order valence-electron chi connectivity index (χ0n) is 10.7. The van der Waals surface area contributed by atoms with Crippen molar-refractivity contribution >= 4 is 5.82 Å². The van der Waals surface area contributed by atoms with Crippen LogP contribution < -0.4 is 5.73 Å². The molecule has 1 aromatic heterocycles. The minimum absolute atomic E-state index is 0.411. The fraction of sp³-hybridized carbons (Fsp3) is 0.357. The number of morpholine rings is 1. The molecule has 1 aliphatic rings. The Morgan fingerprint density at radius 2 is 2.05 bits per heavy atom. The van der Waals surface area contributed by atoms with Crippen LogP contribution in [-0.2, 0) is 11.3 Å². The number of benzene rings is 1. The minimum atomic E-state index is 0.411. The second-order valence-electron chi connectivity index (χ2n) is 4.70. The average molecular weight is 259 g/mol. The van der Waals surface area contributed by atoms with Gasteiger partial charge in [-0.2, -0.15) is 0 Å². The summed E-state index contributed by atoms with van der Waals surface area (Å²) in [4.78, 5) is 2.39. The van der Waals surface area contributed by atoms with Crippen LogP contribution in [0, 0.1) is 0 Å². The summed E-state index contributed by atoms with van der Waals surface area (Å²) in [5.41, 5.74) is 7.84. The van der Waals surface area contributed by atoms with Gasteiger partial charge >= 0.3 is 0 Å². The van der Waals surface area contributed by atoms with Gasteiger partial charge in [0, 0.05) is 31.3 Å². The van der Waals surface area contributed by atoms with Crippen LogP contribution in [0.4, 0.5) is 5.82 Å². The highest BCUT2D eigenvalue weighted by Gasteiger charge is 2.11. The van der Waals surface area contributed by atoms with Crippen molar-refractivity contribution < 1.29 is 9.26 Å². The fourth-order valence-electron chi connectivity index (χ4n) is 2.27. The summed E-state index contributed by atoms with van der Waals surface area (Å²) >= 11 is 0. The maximum absolute atomic E-state index is 5.58. The molecule has 2 N–H and O–H groups in total. The molecule has 2 heterocycles. The molecule has 0 unspecified atom stereocenters. The molecule has 0 saturated carbocycles. The van der Waals surface area contributed by atoms with Crippen LogP contribution in [-0.4, -0.2) is 36.4 Å². The van der Waals surface area contributed by atoms with E-state index in [1.165, 1.54) is 5.56 Å². The Balaban J connectivity index is 1.75. The first-order chi connectivity index (χ1) is 9.31. The third-order valence-electron chi connectivity index (χ3n) is 3.25. The van der Waals surface area contributed by atoms with Crippen LogP contribution in [0.2, 0.25) is 0 Å². The van der Waals surface area contributed by atoms with Crippen LogP contribution in [0.1, 0.15) is 5.56 Å². The number of hydrogen-bond donors (Lipinski definition) is 1. The Kier molecular flexibility index (Phi) is 3.48. The molecule has 1 fully saturated rings. The van der Waals surface area contributed by atoms with E-state index in [1.807, 2.05) is 12.1 Å². The molecule has 0 aliphatic carbocycles. The predicted octanol–water partition coefficient (Wildman–Crippen LogP) is 1.76. The summed E-state index contributed by atoms with van der Waals surface area (Å²) in [6.07, 6.45) is 0. The molecule has 100 valence electrons. The van der Waals surface area contributed by atoms with Gasteiger partial charge in [0.2, 0.25) is 0 Å². The number of anilines is 1. The molecule has 1 saturated heterocycles. The quantitative estimate of drug-likeness (QED) is 0.909. The molecule has 0 bridgehead atoms. The first-order valence-corrected chi connectivity index (χ1v) is 6.43. The highest BCUT2D eigenvalue weighted by atomic mass is 16.5. The van der Waals surface area contributed by atoms with Gasteiger partial charge < -0.3 is 15.0 Å². The van der Waals surface area contributed by atoms with Crippen molar-refractivity contribution in [1.82, 2.24) is 10.1 Å². The van der Waals surface area contributed by atoms with E-state index in [2.05, 4.69) is 22.2 Å². The Bertz CT molecular complexity index is 547. The third kappa shape index (κ3) is 2.94. The summed E-state index contributed by atoms with van der Waals surface area (Å²) in [6.45, 7) is 4.54. The number of nitrogens with zero attached hydrogens (tertiary/aromatic N) is 2. The number of nitrogens with two attached hydrogens (primary N) is 1. The molecule has 2 aromatic rings. The lowest BCUT2D eigenvalue weighted by molar-refractivity contribution is 0.0342. The van der Waals surface area contributed by atoms with Crippen LogP contribution in [0.15, 0.2) is 34.9 Å². The molecule has 19 heavy (non-hydrogen) atoms. The molecule has 1 aliphatic heterocycles. The van der Waals surface area contributed by atoms with Crippen LogP contribution >= 0.6 is 0 Å². The zero-order chi connectivity index (χ0) is 13.1. The van der Waals surface area contributed by atoms with Gasteiger partial charge in [-0.05, 0) is 11.6 Å². The molecule has 0 amide bonds. The van der Waals surface area contributed by atoms with Crippen molar-refractivity contribution in [2.24, 2.45) is 0 Å². The number of hydrogen-bond acceptors (Lipinski definition) is 5. The van der Waals surface area contributed by atoms with Crippen molar-refractivity contribution in [3.8, 4) is 11.3 Å². The molecule has 3 rings (SSSR count). The standard InChI is InChI=1S/C14H17N3O2/c15-14-9-13(19-16-14)12-3-1-2-11(8-12)10-17-4-6-18-7-5-17/h1-3,8-9H,4-7,10H2,(H2,15,16). The summed E-state index contributed by atoms with van der Waals surface area (Å²) in [5, 5.41) is 3.71. The molecule has 5 heteroatoms. The number of rotatable bonds is 3. The highest BCUT2D eigenvalue weighted by Crippen LogP contribution is 2.22. The fourth-order valence-corrected chi connectivity index (χ4v) is 2.27. The molecule has 0 radical (unpaired) electrons. The van der Waals surface area contributed by atoms with Gasteiger partial charge in [-0.25, -0.2) is 0 Å². The zero-order valence-corrected chi connectivity index (χ0v) is 10.7. The van der Waals surface area contributed by atoms with E-state index in [0.717, 1.165) is 38.4 Å². The molecule has 0 atom stereocenters. The van der Waals surface area contributed by atoms with Gasteiger partial charge in [0.1, 0.15) is 0 Å². The summed E-state index contributed by atoms with van der Waals surface area (Å²) in [6, 6.07) is 10.0. The smallest absolute Gasteiger partial charge is 0.169 e. The topological polar surface area (TPSA) is 64.5 Å². The Hall–Kier alpha value is -1.85. The molecule has 5 nitrogen and oxygen atoms in total. The van der Waals surface area contributed by atoms with E-state index >= 15 is 0 Å². The number of ether oxygens (including phenoxy) is 1. The van der Waals surface area contributed by atoms with E-state index in [9.17, 15) is 0 Å². The van der Waals surface area contributed by atoms with Gasteiger partial charge in [-0.1, -0.05) is 23.4 Å². The SMILES string of the molecule is Nc1cc(-c2cccc(CN3CCOCC3)c2)on1. The monoisotopic (exact) mass is 259 g/mol. The van der Waals surface area contributed by atoms with Gasteiger partial charge in [0.25, 0.3) is 0 Å². The van der Waals surface area contributed by atoms with Crippen LogP contribution in [0.3, 0.4) is 0 Å². The third-order valence-corrected chi connectivity index (χ3v) is 3.25. The summed E-state index contributed by atoms with van der Waals surface area (Å²) in [5.74, 6) is 1.12. The molecular weight excluding hydrogens is 242 g/mol. The summed E-state index contributed by atoms with van der Waals surface area (Å²) in [7, 11) is 0. The number of nitrogen functional groups attached to an aromatic ring is 1. The average Bonchev–Trinajstić information content (AvgIpc) is 2.87. The van der Waals surface area contributed by atoms with Crippen molar-refractivity contribution in [2.45, 2.75) is 6.54 Å². The maximum Gasteiger partial charge on any atom is 0.169 e. The van der Waals surface area contributed by atoms with E-state index < -0.39 is 0 Å². The molecule has 1 aromatic carbocycles. The molecular formula is C14H17N3O2. The predicted molar refractivity (Wildman–Crippen MR) is 72.4 cm³/mol. The van der Waals surface area contributed by atoms with E-state index in [-0.39, 0.29) is 0 Å². The van der Waals surface area contributed by atoms with Crippen LogP contribution in [0.5, 0.6) is 0 Å². The second kappa shape index (κ2) is 5.42. The van der Waals surface area contributed by atoms with E-state index in [1.54, 1.807) is 6.07 Å². The summed E-state index contributed by atoms with van der Waals surface area (Å²) < 4.78 is 10.5. The van der Waals surface area contributed by atoms with Gasteiger partial charge in [0.05, 0.1) is 13.2 Å². The van der Waals surface area contributed by atoms with E-state index in [4.69, 9.17) is 15.0 Å². The van der Waals surface area contributed by atoms with Gasteiger partial charge in [0.15, 0.2) is 11.6 Å². The van der Waals surface area contributed by atoms with Crippen molar-refractivity contribution in [3.05, 3.63) is 35.9 Å². The van der Waals surface area contributed by atoms with Crippen molar-refractivity contribution in [3.63, 3.8) is 0 Å². The Morgan fingerprint density at radius 3 is 2.79 bits per heavy atom. The number of aromatic nitrogens is 1. The largest absolute Gasteiger partial charge is 0.381 e. The van der Waals surface area contributed by atoms with Gasteiger partial charge in [-0.15, -0.1) is 0 Å². The van der Waals surface area contributed by atoms with Gasteiger partial charge in [-0.3, -0.25) is 4.90 Å². The van der Waals surface area contributed by atoms with Crippen molar-refractivity contribution in [2.75, 3.05) is 32.0 Å². The lowest BCUT2D eigenvalue weighted by Crippen LogP contribution is -2.35. The lowest BCUT2D eigenvalue weighted by Gasteiger charge is -2.26. The Morgan fingerprint density at radius 1 is 1.21 bits per heavy atom.